The molecule has 0 fully saturated rings. The molecule has 2 aromatic heterocycles. The smallest absolute Gasteiger partial charge is 0.338 e. The molecule has 19 heavy (non-hydrogen) atoms. The highest BCUT2D eigenvalue weighted by molar-refractivity contribution is 6.30. The van der Waals surface area contributed by atoms with Gasteiger partial charge in [0.2, 0.25) is 0 Å². The number of amides is 1. The maximum Gasteiger partial charge on any atom is 0.338 e. The zero-order chi connectivity index (χ0) is 13.8. The van der Waals surface area contributed by atoms with Crippen molar-refractivity contribution in [1.82, 2.24) is 9.97 Å². The molecular weight excluding hydrogens is 270 g/mol. The molecule has 6 nitrogen and oxygen atoms in total. The van der Waals surface area contributed by atoms with E-state index in [9.17, 15) is 9.59 Å². The Morgan fingerprint density at radius 2 is 2.00 bits per heavy atom. The zero-order valence-electron chi connectivity index (χ0n) is 9.50. The van der Waals surface area contributed by atoms with Crippen molar-refractivity contribution in [3.63, 3.8) is 0 Å². The van der Waals surface area contributed by atoms with Crippen LogP contribution < -0.4 is 5.32 Å². The van der Waals surface area contributed by atoms with Gasteiger partial charge >= 0.3 is 5.97 Å². The van der Waals surface area contributed by atoms with Crippen LogP contribution in [-0.4, -0.2) is 27.0 Å². The Morgan fingerprint density at radius 1 is 1.21 bits per heavy atom. The lowest BCUT2D eigenvalue weighted by Gasteiger charge is -2.06. The van der Waals surface area contributed by atoms with Crippen molar-refractivity contribution in [3.05, 3.63) is 52.9 Å². The van der Waals surface area contributed by atoms with Crippen LogP contribution >= 0.6 is 11.6 Å². The van der Waals surface area contributed by atoms with Crippen LogP contribution in [0, 0.1) is 0 Å². The topological polar surface area (TPSA) is 92.2 Å². The Morgan fingerprint density at radius 3 is 2.68 bits per heavy atom. The van der Waals surface area contributed by atoms with Crippen LogP contribution in [0.3, 0.4) is 0 Å². The van der Waals surface area contributed by atoms with Crippen molar-refractivity contribution in [3.8, 4) is 0 Å². The van der Waals surface area contributed by atoms with Crippen LogP contribution in [0.15, 0.2) is 36.7 Å². The first kappa shape index (κ1) is 13.0. The summed E-state index contributed by atoms with van der Waals surface area (Å²) >= 11 is 5.75. The van der Waals surface area contributed by atoms with E-state index in [0.717, 1.165) is 0 Å². The van der Waals surface area contributed by atoms with Crippen LogP contribution in [0.1, 0.15) is 20.8 Å². The van der Waals surface area contributed by atoms with Crippen molar-refractivity contribution in [2.24, 2.45) is 0 Å². The van der Waals surface area contributed by atoms with Gasteiger partial charge in [-0.25, -0.2) is 9.78 Å². The van der Waals surface area contributed by atoms with Gasteiger partial charge in [0.15, 0.2) is 0 Å². The molecule has 2 aromatic rings. The summed E-state index contributed by atoms with van der Waals surface area (Å²) in [5.74, 6) is -1.66. The summed E-state index contributed by atoms with van der Waals surface area (Å²) in [6.07, 6.45) is 2.77. The van der Waals surface area contributed by atoms with Crippen LogP contribution in [0.4, 0.5) is 5.82 Å². The Labute approximate surface area is 113 Å². The molecular formula is C12H8ClN3O3. The van der Waals surface area contributed by atoms with Gasteiger partial charge in [0, 0.05) is 17.4 Å². The normalized spacial score (nSPS) is 9.95. The zero-order valence-corrected chi connectivity index (χ0v) is 10.3. The van der Waals surface area contributed by atoms with Gasteiger partial charge < -0.3 is 10.4 Å². The number of aromatic carboxylic acids is 1. The maximum absolute atomic E-state index is 11.9. The Bertz CT molecular complexity index is 646. The summed E-state index contributed by atoms with van der Waals surface area (Å²) in [7, 11) is 0. The second kappa shape index (κ2) is 5.45. The molecule has 0 aliphatic heterocycles. The first-order valence-corrected chi connectivity index (χ1v) is 5.57. The molecule has 0 saturated heterocycles. The van der Waals surface area contributed by atoms with E-state index in [4.69, 9.17) is 16.7 Å². The summed E-state index contributed by atoms with van der Waals surface area (Å²) < 4.78 is 0. The average molecular weight is 278 g/mol. The van der Waals surface area contributed by atoms with Crippen molar-refractivity contribution >= 4 is 29.3 Å². The number of rotatable bonds is 3. The number of carboxylic acids is 1. The van der Waals surface area contributed by atoms with E-state index in [2.05, 4.69) is 15.3 Å². The van der Waals surface area contributed by atoms with Crippen molar-refractivity contribution < 1.29 is 14.7 Å². The summed E-state index contributed by atoms with van der Waals surface area (Å²) in [4.78, 5) is 30.6. The monoisotopic (exact) mass is 277 g/mol. The molecule has 0 aromatic carbocycles. The molecule has 7 heteroatoms. The quantitative estimate of drug-likeness (QED) is 0.896. The number of carboxylic acid groups (broad SMARTS) is 1. The molecule has 96 valence electrons. The van der Waals surface area contributed by atoms with E-state index < -0.39 is 11.9 Å². The number of anilines is 1. The Hall–Kier alpha value is -2.47. The fourth-order valence-electron chi connectivity index (χ4n) is 1.41. The van der Waals surface area contributed by atoms with E-state index in [-0.39, 0.29) is 17.1 Å². The first-order chi connectivity index (χ1) is 9.08. The number of nitrogens with one attached hydrogen (secondary N) is 1. The van der Waals surface area contributed by atoms with E-state index in [0.29, 0.717) is 5.02 Å². The van der Waals surface area contributed by atoms with Gasteiger partial charge in [-0.1, -0.05) is 11.6 Å². The second-order valence-electron chi connectivity index (χ2n) is 3.52. The maximum atomic E-state index is 11.9. The third-order valence-electron chi connectivity index (χ3n) is 2.22. The molecule has 0 radical (unpaired) electrons. The highest BCUT2D eigenvalue weighted by Gasteiger charge is 2.17. The summed E-state index contributed by atoms with van der Waals surface area (Å²) in [6.45, 7) is 0. The molecule has 2 heterocycles. The molecule has 0 spiro atoms. The molecule has 0 bridgehead atoms. The molecule has 0 aliphatic rings. The van der Waals surface area contributed by atoms with E-state index in [1.54, 1.807) is 6.07 Å². The van der Waals surface area contributed by atoms with Crippen LogP contribution in [0.25, 0.3) is 0 Å². The van der Waals surface area contributed by atoms with Crippen molar-refractivity contribution in [1.29, 1.82) is 0 Å². The van der Waals surface area contributed by atoms with E-state index in [1.807, 2.05) is 0 Å². The number of nitrogens with zero attached hydrogens (tertiary/aromatic N) is 2. The van der Waals surface area contributed by atoms with Gasteiger partial charge in [-0.05, 0) is 24.3 Å². The van der Waals surface area contributed by atoms with E-state index in [1.165, 1.54) is 30.6 Å². The highest BCUT2D eigenvalue weighted by atomic mass is 35.5. The van der Waals surface area contributed by atoms with E-state index >= 15 is 0 Å². The van der Waals surface area contributed by atoms with Gasteiger partial charge in [-0.2, -0.15) is 0 Å². The van der Waals surface area contributed by atoms with Crippen molar-refractivity contribution in [2.75, 3.05) is 5.32 Å². The molecule has 2 rings (SSSR count). The predicted octanol–water partition coefficient (Wildman–Crippen LogP) is 2.08. The second-order valence-corrected chi connectivity index (χ2v) is 3.95. The number of hydrogen-bond donors (Lipinski definition) is 2. The Balaban J connectivity index is 2.28. The predicted molar refractivity (Wildman–Crippen MR) is 68.4 cm³/mol. The minimum absolute atomic E-state index is 0.179. The third-order valence-corrected chi connectivity index (χ3v) is 2.45. The van der Waals surface area contributed by atoms with Crippen LogP contribution in [0.5, 0.6) is 0 Å². The number of carbonyl (C=O) groups is 2. The van der Waals surface area contributed by atoms with Crippen molar-refractivity contribution in [2.45, 2.75) is 0 Å². The molecule has 0 saturated carbocycles. The van der Waals surface area contributed by atoms with Crippen LogP contribution in [-0.2, 0) is 0 Å². The number of halogens is 1. The molecule has 0 atom stereocenters. The standard InChI is InChI=1S/C12H8ClN3O3/c13-7-3-5-14-9(6-7)16-11(17)10-8(12(18)19)2-1-4-15-10/h1-6H,(H,18,19)(H,14,16,17). The van der Waals surface area contributed by atoms with Gasteiger partial charge in [-0.3, -0.25) is 9.78 Å². The van der Waals surface area contributed by atoms with Gasteiger partial charge in [0.1, 0.15) is 11.5 Å². The number of aromatic nitrogens is 2. The number of hydrogen-bond acceptors (Lipinski definition) is 4. The lowest BCUT2D eigenvalue weighted by atomic mass is 10.2. The van der Waals surface area contributed by atoms with Gasteiger partial charge in [0.05, 0.1) is 5.56 Å². The lowest BCUT2D eigenvalue weighted by molar-refractivity contribution is 0.0691. The molecule has 1 amide bonds. The summed E-state index contributed by atoms with van der Waals surface area (Å²) in [5.41, 5.74) is -0.362. The minimum Gasteiger partial charge on any atom is -0.478 e. The molecule has 0 unspecified atom stereocenters. The molecule has 2 N–H and O–H groups in total. The summed E-state index contributed by atoms with van der Waals surface area (Å²) in [5, 5.41) is 11.8. The third kappa shape index (κ3) is 3.05. The molecule has 0 aliphatic carbocycles. The lowest BCUT2D eigenvalue weighted by Crippen LogP contribution is -2.18. The fourth-order valence-corrected chi connectivity index (χ4v) is 1.57. The largest absolute Gasteiger partial charge is 0.478 e. The van der Waals surface area contributed by atoms with Gasteiger partial charge in [0.25, 0.3) is 5.91 Å². The average Bonchev–Trinajstić information content (AvgIpc) is 2.38. The van der Waals surface area contributed by atoms with Crippen LogP contribution in [0.2, 0.25) is 5.02 Å². The minimum atomic E-state index is -1.22. The Kier molecular flexibility index (Phi) is 3.72. The SMILES string of the molecule is O=C(O)c1cccnc1C(=O)Nc1cc(Cl)ccn1. The number of pyridine rings is 2. The fraction of sp³-hybridized carbons (Fsp3) is 0. The highest BCUT2D eigenvalue weighted by Crippen LogP contribution is 2.13. The number of carbonyl (C=O) groups excluding carboxylic acids is 1. The first-order valence-electron chi connectivity index (χ1n) is 5.19. The van der Waals surface area contributed by atoms with Gasteiger partial charge in [-0.15, -0.1) is 0 Å². The summed E-state index contributed by atoms with van der Waals surface area (Å²) in [6, 6.07) is 5.75.